The number of rotatable bonds is 3. The zero-order chi connectivity index (χ0) is 15.7. The Hall–Kier alpha value is -1.52. The Kier molecular flexibility index (Phi) is 4.41. The summed E-state index contributed by atoms with van der Waals surface area (Å²) in [6.07, 6.45) is 5.32. The predicted octanol–water partition coefficient (Wildman–Crippen LogP) is 3.41. The van der Waals surface area contributed by atoms with Crippen LogP contribution in [-0.4, -0.2) is 27.4 Å². The van der Waals surface area contributed by atoms with Gasteiger partial charge in [0.2, 0.25) is 5.91 Å². The average molecular weight is 338 g/mol. The first-order valence-electron chi connectivity index (χ1n) is 7.23. The Morgan fingerprint density at radius 3 is 3.00 bits per heavy atom. The van der Waals surface area contributed by atoms with Crippen molar-refractivity contribution in [3.05, 3.63) is 52.0 Å². The van der Waals surface area contributed by atoms with E-state index >= 15 is 0 Å². The highest BCUT2D eigenvalue weighted by Crippen LogP contribution is 2.24. The number of benzene rings is 1. The molecule has 0 N–H and O–H groups in total. The SMILES string of the molecule is CN(Cc1ccc(Cl)c(Cl)c1)C(=O)C1CCn2ccnc2C1. The minimum Gasteiger partial charge on any atom is -0.341 e. The molecule has 116 valence electrons. The molecular formula is C16H17Cl2N3O. The van der Waals surface area contributed by atoms with Crippen molar-refractivity contribution in [3.63, 3.8) is 0 Å². The maximum atomic E-state index is 12.6. The molecule has 0 spiro atoms. The Labute approximate surface area is 139 Å². The Morgan fingerprint density at radius 2 is 2.23 bits per heavy atom. The summed E-state index contributed by atoms with van der Waals surface area (Å²) in [6, 6.07) is 5.46. The van der Waals surface area contributed by atoms with Gasteiger partial charge in [-0.15, -0.1) is 0 Å². The smallest absolute Gasteiger partial charge is 0.226 e. The van der Waals surface area contributed by atoms with Crippen LogP contribution >= 0.6 is 23.2 Å². The minimum atomic E-state index is 0.00247. The van der Waals surface area contributed by atoms with Crippen molar-refractivity contribution in [1.82, 2.24) is 14.5 Å². The first-order valence-corrected chi connectivity index (χ1v) is 7.99. The van der Waals surface area contributed by atoms with Crippen LogP contribution in [0.2, 0.25) is 10.0 Å². The molecule has 0 saturated heterocycles. The number of aromatic nitrogens is 2. The highest BCUT2D eigenvalue weighted by Gasteiger charge is 2.27. The molecule has 1 aromatic carbocycles. The number of hydrogen-bond acceptors (Lipinski definition) is 2. The molecule has 1 unspecified atom stereocenters. The first-order chi connectivity index (χ1) is 10.5. The molecule has 2 aromatic rings. The van der Waals surface area contributed by atoms with E-state index in [1.807, 2.05) is 19.3 Å². The lowest BCUT2D eigenvalue weighted by Crippen LogP contribution is -2.36. The number of hydrogen-bond donors (Lipinski definition) is 0. The molecule has 0 saturated carbocycles. The van der Waals surface area contributed by atoms with Crippen LogP contribution in [0.5, 0.6) is 0 Å². The van der Waals surface area contributed by atoms with Crippen molar-refractivity contribution in [2.24, 2.45) is 5.92 Å². The maximum Gasteiger partial charge on any atom is 0.226 e. The van der Waals surface area contributed by atoms with Crippen LogP contribution in [0.15, 0.2) is 30.6 Å². The monoisotopic (exact) mass is 337 g/mol. The van der Waals surface area contributed by atoms with Gasteiger partial charge in [0, 0.05) is 44.9 Å². The zero-order valence-corrected chi connectivity index (χ0v) is 13.8. The summed E-state index contributed by atoms with van der Waals surface area (Å²) >= 11 is 11.9. The Morgan fingerprint density at radius 1 is 1.41 bits per heavy atom. The maximum absolute atomic E-state index is 12.6. The third-order valence-corrected chi connectivity index (χ3v) is 4.82. The van der Waals surface area contributed by atoms with E-state index in [0.717, 1.165) is 24.4 Å². The normalized spacial score (nSPS) is 17.1. The lowest BCUT2D eigenvalue weighted by molar-refractivity contribution is -0.135. The molecule has 0 fully saturated rings. The van der Waals surface area contributed by atoms with E-state index in [4.69, 9.17) is 23.2 Å². The van der Waals surface area contributed by atoms with Crippen molar-refractivity contribution in [2.45, 2.75) is 25.9 Å². The molecule has 4 nitrogen and oxygen atoms in total. The van der Waals surface area contributed by atoms with E-state index < -0.39 is 0 Å². The molecule has 1 aliphatic rings. The van der Waals surface area contributed by atoms with Crippen molar-refractivity contribution in [3.8, 4) is 0 Å². The van der Waals surface area contributed by atoms with Gasteiger partial charge in [-0.05, 0) is 24.1 Å². The van der Waals surface area contributed by atoms with Crippen molar-refractivity contribution >= 4 is 29.1 Å². The summed E-state index contributed by atoms with van der Waals surface area (Å²) in [5, 5.41) is 1.04. The Bertz CT molecular complexity index is 698. The molecule has 2 heterocycles. The molecule has 1 aliphatic heterocycles. The van der Waals surface area contributed by atoms with Gasteiger partial charge in [0.1, 0.15) is 5.82 Å². The molecule has 6 heteroatoms. The van der Waals surface area contributed by atoms with Gasteiger partial charge < -0.3 is 9.47 Å². The quantitative estimate of drug-likeness (QED) is 0.860. The number of carbonyl (C=O) groups is 1. The van der Waals surface area contributed by atoms with Gasteiger partial charge in [-0.25, -0.2) is 4.98 Å². The van der Waals surface area contributed by atoms with Crippen molar-refractivity contribution < 1.29 is 4.79 Å². The predicted molar refractivity (Wildman–Crippen MR) is 87.0 cm³/mol. The average Bonchev–Trinajstić information content (AvgIpc) is 2.97. The van der Waals surface area contributed by atoms with Gasteiger partial charge in [-0.1, -0.05) is 29.3 Å². The number of imidazole rings is 1. The van der Waals surface area contributed by atoms with E-state index in [0.29, 0.717) is 23.0 Å². The van der Waals surface area contributed by atoms with Gasteiger partial charge in [-0.2, -0.15) is 0 Å². The molecule has 22 heavy (non-hydrogen) atoms. The Balaban J connectivity index is 1.66. The molecule has 1 aromatic heterocycles. The fourth-order valence-electron chi connectivity index (χ4n) is 2.86. The lowest BCUT2D eigenvalue weighted by atomic mass is 9.96. The summed E-state index contributed by atoms with van der Waals surface area (Å²) in [4.78, 5) is 18.7. The largest absolute Gasteiger partial charge is 0.341 e. The molecule has 0 aliphatic carbocycles. The molecule has 1 amide bonds. The number of carbonyl (C=O) groups excluding carboxylic acids is 1. The molecule has 3 rings (SSSR count). The molecular weight excluding hydrogens is 321 g/mol. The molecule has 0 radical (unpaired) electrons. The van der Waals surface area contributed by atoms with Gasteiger partial charge in [-0.3, -0.25) is 4.79 Å². The molecule has 0 bridgehead atoms. The van der Waals surface area contributed by atoms with Crippen LogP contribution in [0.4, 0.5) is 0 Å². The number of nitrogens with zero attached hydrogens (tertiary/aromatic N) is 3. The third-order valence-electron chi connectivity index (χ3n) is 4.08. The van der Waals surface area contributed by atoms with Crippen LogP contribution in [-0.2, 0) is 24.3 Å². The number of fused-ring (bicyclic) bond motifs is 1. The lowest BCUT2D eigenvalue weighted by Gasteiger charge is -2.27. The van der Waals surface area contributed by atoms with Gasteiger partial charge in [0.25, 0.3) is 0 Å². The zero-order valence-electron chi connectivity index (χ0n) is 12.3. The standard InChI is InChI=1S/C16H17Cl2N3O/c1-20(10-11-2-3-13(17)14(18)8-11)16(22)12-4-6-21-7-5-19-15(21)9-12/h2-3,5,7-8,12H,4,6,9-10H2,1H3. The van der Waals surface area contributed by atoms with E-state index in [1.54, 1.807) is 23.2 Å². The summed E-state index contributed by atoms with van der Waals surface area (Å²) in [5.74, 6) is 1.15. The summed E-state index contributed by atoms with van der Waals surface area (Å²) in [6.45, 7) is 1.38. The van der Waals surface area contributed by atoms with Crippen LogP contribution < -0.4 is 0 Å². The fraction of sp³-hybridized carbons (Fsp3) is 0.375. The van der Waals surface area contributed by atoms with Gasteiger partial charge in [0.15, 0.2) is 0 Å². The van der Waals surface area contributed by atoms with Crippen LogP contribution in [0.3, 0.4) is 0 Å². The first kappa shape index (κ1) is 15.4. The summed E-state index contributed by atoms with van der Waals surface area (Å²) < 4.78 is 2.11. The topological polar surface area (TPSA) is 38.1 Å². The second-order valence-electron chi connectivity index (χ2n) is 5.67. The number of halogens is 2. The van der Waals surface area contributed by atoms with Crippen LogP contribution in [0, 0.1) is 5.92 Å². The summed E-state index contributed by atoms with van der Waals surface area (Å²) in [7, 11) is 1.83. The minimum absolute atomic E-state index is 0.00247. The van der Waals surface area contributed by atoms with Crippen LogP contribution in [0.25, 0.3) is 0 Å². The van der Waals surface area contributed by atoms with E-state index in [9.17, 15) is 4.79 Å². The van der Waals surface area contributed by atoms with E-state index in [2.05, 4.69) is 9.55 Å². The third kappa shape index (κ3) is 3.13. The van der Waals surface area contributed by atoms with Crippen LogP contribution in [0.1, 0.15) is 17.8 Å². The number of amides is 1. The fourth-order valence-corrected chi connectivity index (χ4v) is 3.18. The highest BCUT2D eigenvalue weighted by atomic mass is 35.5. The van der Waals surface area contributed by atoms with Crippen molar-refractivity contribution in [2.75, 3.05) is 7.05 Å². The van der Waals surface area contributed by atoms with Crippen molar-refractivity contribution in [1.29, 1.82) is 0 Å². The van der Waals surface area contributed by atoms with E-state index in [-0.39, 0.29) is 11.8 Å². The van der Waals surface area contributed by atoms with Gasteiger partial charge >= 0.3 is 0 Å². The molecule has 1 atom stereocenters. The second kappa shape index (κ2) is 6.31. The van der Waals surface area contributed by atoms with E-state index in [1.165, 1.54) is 0 Å². The van der Waals surface area contributed by atoms with Gasteiger partial charge in [0.05, 0.1) is 10.0 Å². The highest BCUT2D eigenvalue weighted by molar-refractivity contribution is 6.42. The summed E-state index contributed by atoms with van der Waals surface area (Å²) in [5.41, 5.74) is 0.975. The second-order valence-corrected chi connectivity index (χ2v) is 6.48. The number of aryl methyl sites for hydroxylation is 1.